The fourth-order valence-electron chi connectivity index (χ4n) is 4.65. The van der Waals surface area contributed by atoms with Gasteiger partial charge in [0, 0.05) is 39.3 Å². The summed E-state index contributed by atoms with van der Waals surface area (Å²) in [5.41, 5.74) is 3.34. The highest BCUT2D eigenvalue weighted by Gasteiger charge is 2.43. The Hall–Kier alpha value is -0.860. The lowest BCUT2D eigenvalue weighted by atomic mass is 9.68. The molecule has 3 fully saturated rings. The average molecular weight is 498 g/mol. The molecule has 1 aromatic rings. The van der Waals surface area contributed by atoms with Crippen molar-refractivity contribution in [1.29, 1.82) is 0 Å². The van der Waals surface area contributed by atoms with Crippen molar-refractivity contribution in [3.8, 4) is 0 Å². The van der Waals surface area contributed by atoms with E-state index in [0.717, 1.165) is 58.4 Å². The van der Waals surface area contributed by atoms with Crippen molar-refractivity contribution in [3.05, 3.63) is 35.4 Å². The van der Waals surface area contributed by atoms with Crippen molar-refractivity contribution in [2.24, 2.45) is 10.4 Å². The van der Waals surface area contributed by atoms with E-state index in [9.17, 15) is 0 Å². The van der Waals surface area contributed by atoms with Crippen LogP contribution < -0.4 is 5.32 Å². The molecule has 156 valence electrons. The summed E-state index contributed by atoms with van der Waals surface area (Å²) >= 11 is 0. The molecule has 0 unspecified atom stereocenters. The van der Waals surface area contributed by atoms with Gasteiger partial charge in [-0.15, -0.1) is 24.0 Å². The van der Waals surface area contributed by atoms with Gasteiger partial charge in [-0.25, -0.2) is 4.99 Å². The van der Waals surface area contributed by atoms with Crippen LogP contribution in [-0.4, -0.2) is 61.7 Å². The smallest absolute Gasteiger partial charge is 0.194 e. The fraction of sp³-hybridized carbons (Fsp3) is 0.682. The zero-order valence-electron chi connectivity index (χ0n) is 17.2. The van der Waals surface area contributed by atoms with Gasteiger partial charge in [0.2, 0.25) is 0 Å². The van der Waals surface area contributed by atoms with Gasteiger partial charge in [0.15, 0.2) is 5.96 Å². The maximum Gasteiger partial charge on any atom is 0.194 e. The van der Waals surface area contributed by atoms with E-state index in [1.807, 2.05) is 0 Å². The van der Waals surface area contributed by atoms with Crippen molar-refractivity contribution >= 4 is 29.9 Å². The van der Waals surface area contributed by atoms with Gasteiger partial charge in [0.1, 0.15) is 0 Å². The second kappa shape index (κ2) is 10.3. The maximum atomic E-state index is 5.48. The summed E-state index contributed by atoms with van der Waals surface area (Å²) in [7, 11) is 0. The molecule has 5 nitrogen and oxygen atoms in total. The molecule has 0 bridgehead atoms. The highest BCUT2D eigenvalue weighted by atomic mass is 127. The summed E-state index contributed by atoms with van der Waals surface area (Å²) in [6.45, 7) is 10.9. The lowest BCUT2D eigenvalue weighted by molar-refractivity contribution is 0.0341. The van der Waals surface area contributed by atoms with E-state index < -0.39 is 0 Å². The van der Waals surface area contributed by atoms with Gasteiger partial charge >= 0.3 is 0 Å². The highest BCUT2D eigenvalue weighted by Crippen LogP contribution is 2.47. The zero-order chi connectivity index (χ0) is 18.5. The monoisotopic (exact) mass is 498 g/mol. The summed E-state index contributed by atoms with van der Waals surface area (Å²) in [4.78, 5) is 10.0. The molecule has 0 amide bonds. The maximum absolute atomic E-state index is 5.48. The second-order valence-electron chi connectivity index (χ2n) is 8.35. The van der Waals surface area contributed by atoms with Crippen LogP contribution in [0, 0.1) is 5.41 Å². The number of likely N-dealkylation sites (tertiary alicyclic amines) is 1. The van der Waals surface area contributed by atoms with Gasteiger partial charge in [-0.3, -0.25) is 4.90 Å². The lowest BCUT2D eigenvalue weighted by Gasteiger charge is -2.38. The van der Waals surface area contributed by atoms with Crippen molar-refractivity contribution in [2.45, 2.75) is 45.7 Å². The molecule has 1 N–H and O–H groups in total. The number of hydrogen-bond acceptors (Lipinski definition) is 3. The normalized spacial score (nSPS) is 22.0. The van der Waals surface area contributed by atoms with E-state index in [1.165, 1.54) is 43.4 Å². The first-order valence-electron chi connectivity index (χ1n) is 10.7. The highest BCUT2D eigenvalue weighted by molar-refractivity contribution is 14.0. The van der Waals surface area contributed by atoms with Gasteiger partial charge in [-0.2, -0.15) is 0 Å². The van der Waals surface area contributed by atoms with Crippen molar-refractivity contribution in [2.75, 3.05) is 45.9 Å². The van der Waals surface area contributed by atoms with Gasteiger partial charge in [-0.1, -0.05) is 30.7 Å². The third-order valence-electron chi connectivity index (χ3n) is 6.50. The number of rotatable bonds is 5. The second-order valence-corrected chi connectivity index (χ2v) is 8.35. The van der Waals surface area contributed by atoms with E-state index in [0.29, 0.717) is 5.41 Å². The first-order valence-corrected chi connectivity index (χ1v) is 10.7. The van der Waals surface area contributed by atoms with Crippen LogP contribution in [0.4, 0.5) is 0 Å². The van der Waals surface area contributed by atoms with Gasteiger partial charge in [0.25, 0.3) is 0 Å². The Kier molecular flexibility index (Phi) is 8.00. The summed E-state index contributed by atoms with van der Waals surface area (Å²) < 4.78 is 5.48. The molecule has 2 heterocycles. The Labute approximate surface area is 186 Å². The largest absolute Gasteiger partial charge is 0.379 e. The molecule has 1 saturated carbocycles. The first-order chi connectivity index (χ1) is 13.3. The Morgan fingerprint density at radius 3 is 2.50 bits per heavy atom. The number of nitrogens with one attached hydrogen (secondary N) is 1. The van der Waals surface area contributed by atoms with Crippen LogP contribution in [0.1, 0.15) is 43.7 Å². The van der Waals surface area contributed by atoms with E-state index >= 15 is 0 Å². The minimum absolute atomic E-state index is 0. The van der Waals surface area contributed by atoms with Crippen LogP contribution in [0.3, 0.4) is 0 Å². The number of aliphatic imine (C=N–C) groups is 1. The SMILES string of the molecule is CCNC(=NCc1ccccc1CN1CCOCC1)N1CCC2(CCC2)C1.I. The molecule has 3 aliphatic rings. The van der Waals surface area contributed by atoms with Gasteiger partial charge in [-0.05, 0) is 42.7 Å². The topological polar surface area (TPSA) is 40.1 Å². The molecule has 1 spiro atoms. The van der Waals surface area contributed by atoms with Crippen LogP contribution in [0.5, 0.6) is 0 Å². The molecule has 0 atom stereocenters. The molecular weight excluding hydrogens is 463 g/mol. The lowest BCUT2D eigenvalue weighted by Crippen LogP contribution is -2.42. The molecule has 4 rings (SSSR count). The van der Waals surface area contributed by atoms with Crippen LogP contribution >= 0.6 is 24.0 Å². The summed E-state index contributed by atoms with van der Waals surface area (Å²) in [6.07, 6.45) is 5.57. The number of morpholine rings is 1. The number of ether oxygens (including phenoxy) is 1. The van der Waals surface area contributed by atoms with Gasteiger partial charge < -0.3 is 15.0 Å². The molecule has 0 radical (unpaired) electrons. The minimum Gasteiger partial charge on any atom is -0.379 e. The summed E-state index contributed by atoms with van der Waals surface area (Å²) in [5.74, 6) is 1.10. The summed E-state index contributed by atoms with van der Waals surface area (Å²) in [5, 5.41) is 3.53. The molecule has 6 heteroatoms. The summed E-state index contributed by atoms with van der Waals surface area (Å²) in [6, 6.07) is 8.78. The van der Waals surface area contributed by atoms with E-state index in [4.69, 9.17) is 9.73 Å². The molecule has 2 saturated heterocycles. The third kappa shape index (κ3) is 5.19. The van der Waals surface area contributed by atoms with E-state index in [2.05, 4.69) is 46.3 Å². The average Bonchev–Trinajstić information content (AvgIpc) is 3.13. The molecule has 1 aromatic carbocycles. The Balaban J connectivity index is 0.00000225. The molecule has 2 aliphatic heterocycles. The van der Waals surface area contributed by atoms with Crippen molar-refractivity contribution < 1.29 is 4.74 Å². The number of benzene rings is 1. The fourth-order valence-corrected chi connectivity index (χ4v) is 4.65. The zero-order valence-corrected chi connectivity index (χ0v) is 19.5. The standard InChI is InChI=1S/C22H34N4O.HI/c1-2-23-21(26-11-10-22(18-26)8-5-9-22)24-16-19-6-3-4-7-20(19)17-25-12-14-27-15-13-25;/h3-4,6-7H,2,5,8-18H2,1H3,(H,23,24);1H. The molecular formula is C22H35IN4O. The third-order valence-corrected chi connectivity index (χ3v) is 6.50. The Bertz CT molecular complexity index is 656. The predicted molar refractivity (Wildman–Crippen MR) is 125 cm³/mol. The first kappa shape index (κ1) is 21.8. The van der Waals surface area contributed by atoms with Crippen LogP contribution in [-0.2, 0) is 17.8 Å². The predicted octanol–water partition coefficient (Wildman–Crippen LogP) is 3.48. The quantitative estimate of drug-likeness (QED) is 0.384. The number of halogens is 1. The molecule has 28 heavy (non-hydrogen) atoms. The molecule has 1 aliphatic carbocycles. The van der Waals surface area contributed by atoms with Crippen molar-refractivity contribution in [3.63, 3.8) is 0 Å². The van der Waals surface area contributed by atoms with Crippen molar-refractivity contribution in [1.82, 2.24) is 15.1 Å². The van der Waals surface area contributed by atoms with Gasteiger partial charge in [0.05, 0.1) is 19.8 Å². The minimum atomic E-state index is 0. The van der Waals surface area contributed by atoms with E-state index in [1.54, 1.807) is 0 Å². The number of hydrogen-bond donors (Lipinski definition) is 1. The van der Waals surface area contributed by atoms with E-state index in [-0.39, 0.29) is 24.0 Å². The van der Waals surface area contributed by atoms with Crippen LogP contribution in [0.15, 0.2) is 29.3 Å². The van der Waals surface area contributed by atoms with Crippen LogP contribution in [0.2, 0.25) is 0 Å². The Morgan fingerprint density at radius 2 is 1.86 bits per heavy atom. The van der Waals surface area contributed by atoms with Crippen LogP contribution in [0.25, 0.3) is 0 Å². The number of guanidine groups is 1. The Morgan fingerprint density at radius 1 is 1.11 bits per heavy atom. The number of nitrogens with zero attached hydrogens (tertiary/aromatic N) is 3. The molecule has 0 aromatic heterocycles.